The third-order valence-electron chi connectivity index (χ3n) is 24.9. The summed E-state index contributed by atoms with van der Waals surface area (Å²) in [6.07, 6.45) is 14.8. The maximum absolute atomic E-state index is 16.0. The van der Waals surface area contributed by atoms with Crippen molar-refractivity contribution in [1.82, 2.24) is 88.7 Å². The van der Waals surface area contributed by atoms with E-state index in [-0.39, 0.29) is 128 Å². The fourth-order valence-corrected chi connectivity index (χ4v) is 17.2. The molecule has 0 saturated heterocycles. The van der Waals surface area contributed by atoms with E-state index in [2.05, 4.69) is 95.3 Å². The van der Waals surface area contributed by atoms with Crippen molar-refractivity contribution >= 4 is 131 Å². The lowest BCUT2D eigenvalue weighted by Gasteiger charge is -2.29. The molecule has 10 aromatic rings. The summed E-state index contributed by atoms with van der Waals surface area (Å²) in [5.74, 6) is -9.33. The van der Waals surface area contributed by atoms with Gasteiger partial charge in [0.05, 0.1) is 0 Å². The van der Waals surface area contributed by atoms with Crippen LogP contribution in [0.15, 0.2) is 164 Å². The van der Waals surface area contributed by atoms with Gasteiger partial charge in [0.2, 0.25) is 76.8 Å². The van der Waals surface area contributed by atoms with Gasteiger partial charge < -0.3 is 129 Å². The highest BCUT2D eigenvalue weighted by Gasteiger charge is 2.39. The molecule has 0 aliphatic heterocycles. The van der Waals surface area contributed by atoms with Gasteiger partial charge in [0.15, 0.2) is 0 Å². The van der Waals surface area contributed by atoms with Crippen molar-refractivity contribution in [3.8, 4) is 0 Å². The number of hydrogen-bond donors (Lipinski definition) is 24. The SMILES string of the molecule is C=C(C)C(=O)NCCCCCC(=O)N[C@@H](CCCCN)C(=O)N[C@@H](CCCCN)C(=O)N[C@@H](CCCCN)C(=O)N[C@@H](CCCCN)C(=O)N[C@@H](CCCCN)C(=O)N[C@@H](CCCCN)C(=O)N[C@@H](Cc1c[nH]c2ccccc12)C(=O)N[C@@H](Cc1c[nH]c2ccccc12)C(=O)N[C@@H](Cc1c[nH]c2ccccc12)C(=O)N[C@@H](Cc1c[nH]c2ccccc12)C(=O)N[C@@H](Cc1c[nH]c2ccccc12)C(N)=O. The molecule has 5 aromatic carbocycles. The Morgan fingerprint density at radius 2 is 0.478 bits per heavy atom. The first kappa shape index (κ1) is 106. The van der Waals surface area contributed by atoms with Crippen LogP contribution in [0.2, 0.25) is 0 Å². The average Bonchev–Trinajstić information content (AvgIpc) is 1.64. The quantitative estimate of drug-likeness (QED) is 0.0185. The minimum absolute atomic E-state index is 0.00550. The zero-order valence-electron chi connectivity index (χ0n) is 78.9. The number of nitrogens with one attached hydrogen (secondary N) is 17. The number of primary amides is 1. The molecule has 742 valence electrons. The molecule has 10 rings (SSSR count). The van der Waals surface area contributed by atoms with Gasteiger partial charge in [0.25, 0.3) is 0 Å². The van der Waals surface area contributed by atoms with E-state index in [1.54, 1.807) is 37.9 Å². The van der Waals surface area contributed by atoms with Crippen LogP contribution in [0.1, 0.15) is 176 Å². The number of unbranched alkanes of at least 4 members (excludes halogenated alkanes) is 8. The van der Waals surface area contributed by atoms with E-state index in [1.165, 1.54) is 0 Å². The maximum atomic E-state index is 16.0. The third kappa shape index (κ3) is 32.0. The van der Waals surface area contributed by atoms with Crippen LogP contribution in [-0.4, -0.2) is 214 Å². The fourth-order valence-electron chi connectivity index (χ4n) is 17.2. The van der Waals surface area contributed by atoms with Crippen molar-refractivity contribution in [2.75, 3.05) is 45.8 Å². The Morgan fingerprint density at radius 3 is 0.710 bits per heavy atom. The van der Waals surface area contributed by atoms with E-state index < -0.39 is 131 Å². The molecular weight excluding hydrogens is 1760 g/mol. The Kier molecular flexibility index (Phi) is 42.9. The van der Waals surface area contributed by atoms with Crippen LogP contribution in [0.25, 0.3) is 54.5 Å². The summed E-state index contributed by atoms with van der Waals surface area (Å²) in [6.45, 7) is 7.14. The summed E-state index contributed by atoms with van der Waals surface area (Å²) in [5.41, 5.74) is 49.1. The van der Waals surface area contributed by atoms with Gasteiger partial charge in [-0.2, -0.15) is 0 Å². The first-order chi connectivity index (χ1) is 66.8. The summed E-state index contributed by atoms with van der Waals surface area (Å²) >= 11 is 0. The maximum Gasteiger partial charge on any atom is 0.246 e. The summed E-state index contributed by atoms with van der Waals surface area (Å²) in [6, 6.07) is 21.9. The number of aromatic nitrogens is 5. The third-order valence-corrected chi connectivity index (χ3v) is 24.9. The molecule has 0 unspecified atom stereocenters. The smallest absolute Gasteiger partial charge is 0.246 e. The average molecular weight is 1900 g/mol. The molecule has 0 aliphatic carbocycles. The minimum atomic E-state index is -1.54. The molecule has 13 amide bonds. The van der Waals surface area contributed by atoms with Crippen LogP contribution in [0.3, 0.4) is 0 Å². The van der Waals surface area contributed by atoms with Crippen LogP contribution < -0.4 is 104 Å². The Bertz CT molecular complexity index is 5720. The Balaban J connectivity index is 0.914. The Hall–Kier alpha value is -13.6. The highest BCUT2D eigenvalue weighted by molar-refractivity contribution is 6.02. The van der Waals surface area contributed by atoms with Crippen LogP contribution in [0, 0.1) is 0 Å². The monoisotopic (exact) mass is 1900 g/mol. The zero-order valence-corrected chi connectivity index (χ0v) is 78.9. The van der Waals surface area contributed by atoms with E-state index >= 15 is 33.6 Å². The molecule has 0 saturated carbocycles. The molecule has 11 atom stereocenters. The van der Waals surface area contributed by atoms with E-state index in [4.69, 9.17) is 40.1 Å². The second-order valence-corrected chi connectivity index (χ2v) is 35.5. The van der Waals surface area contributed by atoms with Crippen molar-refractivity contribution in [1.29, 1.82) is 0 Å². The van der Waals surface area contributed by atoms with Crippen LogP contribution in [-0.2, 0) is 94.4 Å². The molecule has 138 heavy (non-hydrogen) atoms. The lowest BCUT2D eigenvalue weighted by molar-refractivity contribution is -0.136. The van der Waals surface area contributed by atoms with E-state index in [0.29, 0.717) is 158 Å². The first-order valence-corrected chi connectivity index (χ1v) is 48.3. The molecule has 0 radical (unpaired) electrons. The number of nitrogens with two attached hydrogens (primary N) is 7. The zero-order chi connectivity index (χ0) is 98.8. The Labute approximate surface area is 803 Å². The summed E-state index contributed by atoms with van der Waals surface area (Å²) < 4.78 is 0. The van der Waals surface area contributed by atoms with Crippen molar-refractivity contribution in [2.24, 2.45) is 40.1 Å². The van der Waals surface area contributed by atoms with Gasteiger partial charge >= 0.3 is 0 Å². The number of H-pyrrole nitrogens is 5. The number of benzene rings is 5. The number of fused-ring (bicyclic) bond motifs is 5. The number of carbonyl (C=O) groups excluding carboxylic acids is 13. The molecule has 37 heteroatoms. The van der Waals surface area contributed by atoms with Crippen molar-refractivity contribution in [2.45, 2.75) is 247 Å². The Morgan fingerprint density at radius 1 is 0.268 bits per heavy atom. The van der Waals surface area contributed by atoms with Crippen molar-refractivity contribution < 1.29 is 62.3 Å². The summed E-state index contributed by atoms with van der Waals surface area (Å²) in [7, 11) is 0. The lowest BCUT2D eigenvalue weighted by atomic mass is 9.99. The van der Waals surface area contributed by atoms with Gasteiger partial charge in [0.1, 0.15) is 66.5 Å². The van der Waals surface area contributed by atoms with Gasteiger partial charge in [-0.1, -0.05) is 104 Å². The molecule has 0 spiro atoms. The molecule has 5 heterocycles. The normalized spacial score (nSPS) is 13.8. The molecule has 0 bridgehead atoms. The number of hydrogen-bond acceptors (Lipinski definition) is 19. The number of aromatic amines is 5. The molecule has 37 nitrogen and oxygen atoms in total. The molecule has 0 aliphatic rings. The summed E-state index contributed by atoms with van der Waals surface area (Å²) in [5, 5.41) is 38.4. The van der Waals surface area contributed by atoms with Gasteiger partial charge in [0, 0.05) is 136 Å². The number of para-hydroxylation sites is 5. The van der Waals surface area contributed by atoms with E-state index in [1.807, 2.05) is 121 Å². The molecular formula is C101H140N24O13. The number of carbonyl (C=O) groups is 13. The number of rotatable bonds is 63. The lowest BCUT2D eigenvalue weighted by Crippen LogP contribution is -2.61. The predicted molar refractivity (Wildman–Crippen MR) is 534 cm³/mol. The van der Waals surface area contributed by atoms with Gasteiger partial charge in [-0.3, -0.25) is 62.3 Å². The van der Waals surface area contributed by atoms with Crippen LogP contribution in [0.5, 0.6) is 0 Å². The second kappa shape index (κ2) is 55.6. The molecule has 31 N–H and O–H groups in total. The summed E-state index contributed by atoms with van der Waals surface area (Å²) in [4.78, 5) is 208. The van der Waals surface area contributed by atoms with E-state index in [0.717, 1.165) is 32.7 Å². The van der Waals surface area contributed by atoms with Crippen LogP contribution >= 0.6 is 0 Å². The van der Waals surface area contributed by atoms with Gasteiger partial charge in [-0.25, -0.2) is 0 Å². The van der Waals surface area contributed by atoms with Crippen molar-refractivity contribution in [3.63, 3.8) is 0 Å². The van der Waals surface area contributed by atoms with Gasteiger partial charge in [-0.05, 0) is 233 Å². The van der Waals surface area contributed by atoms with Gasteiger partial charge in [-0.15, -0.1) is 0 Å². The van der Waals surface area contributed by atoms with Crippen molar-refractivity contribution in [3.05, 3.63) is 192 Å². The van der Waals surface area contributed by atoms with E-state index in [9.17, 15) is 28.8 Å². The van der Waals surface area contributed by atoms with Crippen LogP contribution in [0.4, 0.5) is 0 Å². The second-order valence-electron chi connectivity index (χ2n) is 35.5. The minimum Gasteiger partial charge on any atom is -0.368 e. The first-order valence-electron chi connectivity index (χ1n) is 48.3. The largest absolute Gasteiger partial charge is 0.368 e. The standard InChI is InChI=1S/C101H140N24O13/c1-62(2)91(128)109-51-27-3-4-44-89(126)115-78(38-15-21-45-102)92(129)116-79(39-16-22-46-103)93(130)117-80(40-17-23-47-104)94(131)118-81(41-18-24-48-105)95(132)119-82(42-19-25-49-106)96(133)120-83(43-20-26-50-107)97(134)122-86(54-65-59-112-75-35-12-7-30-70(65)75)99(136)124-88(56-67-61-114-77-37-14-9-32-72(67)77)101(138)125-87(55-66-60-113-76-36-13-8-31-71(66)76)100(137)123-85(53-64-58-111-74-34-11-6-29-69(64)74)98(135)121-84(90(108)127)52-63-57-110-73-33-10-5-28-68(63)73/h5-14,28-37,57-61,78-88,110-114H,1,3-4,15-27,38-56,102-107H2,2H3,(H2,108,127)(H,109,128)(H,115,126)(H,116,129)(H,117,130)(H,118,131)(H,119,132)(H,120,133)(H,121,135)(H,122,134)(H,123,137)(H,124,136)(H,125,138)/t78-,79-,80-,81-,82-,83-,84-,85-,86-,87-,88-/m0/s1. The predicted octanol–water partition coefficient (Wildman–Crippen LogP) is 4.45. The number of amides is 13. The fraction of sp³-hybridized carbons (Fsp3) is 0.455. The highest BCUT2D eigenvalue weighted by atomic mass is 16.2. The molecule has 5 aromatic heterocycles. The molecule has 0 fully saturated rings. The highest BCUT2D eigenvalue weighted by Crippen LogP contribution is 2.27. The topological polar surface area (TPSA) is 627 Å².